The SMILES string of the molecule is COc1ccc2cc(Br)ccc2c1C(=O)N(C)C. The van der Waals surface area contributed by atoms with Crippen LogP contribution in [0.1, 0.15) is 10.4 Å². The Morgan fingerprint density at radius 2 is 1.94 bits per heavy atom. The van der Waals surface area contributed by atoms with E-state index in [1.54, 1.807) is 26.1 Å². The monoisotopic (exact) mass is 307 g/mol. The molecule has 0 radical (unpaired) electrons. The summed E-state index contributed by atoms with van der Waals surface area (Å²) in [6, 6.07) is 9.62. The predicted molar refractivity (Wildman–Crippen MR) is 76.2 cm³/mol. The van der Waals surface area contributed by atoms with Crippen molar-refractivity contribution in [1.29, 1.82) is 0 Å². The standard InChI is InChI=1S/C14H14BrNO2/c1-16(2)14(17)13-11-6-5-10(15)8-9(11)4-7-12(13)18-3/h4-8H,1-3H3. The number of hydrogen-bond donors (Lipinski definition) is 0. The molecular formula is C14H14BrNO2. The molecule has 0 aromatic heterocycles. The molecule has 2 aromatic rings. The van der Waals surface area contributed by atoms with E-state index in [0.717, 1.165) is 15.2 Å². The Hall–Kier alpha value is -1.55. The molecule has 0 fully saturated rings. The van der Waals surface area contributed by atoms with E-state index in [9.17, 15) is 4.79 Å². The quantitative estimate of drug-likeness (QED) is 0.852. The second-order valence-electron chi connectivity index (χ2n) is 4.21. The van der Waals surface area contributed by atoms with E-state index in [1.807, 2.05) is 30.3 Å². The Kier molecular flexibility index (Phi) is 3.57. The summed E-state index contributed by atoms with van der Waals surface area (Å²) in [5.41, 5.74) is 0.604. The van der Waals surface area contributed by atoms with Crippen molar-refractivity contribution in [2.45, 2.75) is 0 Å². The van der Waals surface area contributed by atoms with E-state index in [-0.39, 0.29) is 5.91 Å². The molecule has 18 heavy (non-hydrogen) atoms. The minimum absolute atomic E-state index is 0.0558. The van der Waals surface area contributed by atoms with Crippen LogP contribution in [0.5, 0.6) is 5.75 Å². The van der Waals surface area contributed by atoms with Crippen molar-refractivity contribution >= 4 is 32.6 Å². The molecule has 0 heterocycles. The first-order chi connectivity index (χ1) is 8.54. The number of benzene rings is 2. The lowest BCUT2D eigenvalue weighted by molar-refractivity contribution is 0.0826. The molecule has 3 nitrogen and oxygen atoms in total. The molecule has 0 bridgehead atoms. The average Bonchev–Trinajstić information content (AvgIpc) is 2.36. The lowest BCUT2D eigenvalue weighted by Crippen LogP contribution is -2.22. The number of carbonyl (C=O) groups is 1. The van der Waals surface area contributed by atoms with Crippen LogP contribution in [0.25, 0.3) is 10.8 Å². The predicted octanol–water partition coefficient (Wildman–Crippen LogP) is 3.31. The summed E-state index contributed by atoms with van der Waals surface area (Å²) in [7, 11) is 5.05. The first-order valence-corrected chi connectivity index (χ1v) is 6.32. The van der Waals surface area contributed by atoms with Crippen LogP contribution in [0.4, 0.5) is 0 Å². The molecule has 0 aliphatic carbocycles. The van der Waals surface area contributed by atoms with E-state index < -0.39 is 0 Å². The van der Waals surface area contributed by atoms with E-state index in [2.05, 4.69) is 15.9 Å². The van der Waals surface area contributed by atoms with Crippen molar-refractivity contribution in [3.63, 3.8) is 0 Å². The number of nitrogens with zero attached hydrogens (tertiary/aromatic N) is 1. The minimum Gasteiger partial charge on any atom is -0.496 e. The lowest BCUT2D eigenvalue weighted by atomic mass is 10.0. The number of amides is 1. The second kappa shape index (κ2) is 4.98. The van der Waals surface area contributed by atoms with Gasteiger partial charge in [-0.15, -0.1) is 0 Å². The molecule has 0 spiro atoms. The molecule has 0 N–H and O–H groups in total. The Morgan fingerprint density at radius 1 is 1.22 bits per heavy atom. The average molecular weight is 308 g/mol. The Labute approximate surface area is 114 Å². The van der Waals surface area contributed by atoms with Gasteiger partial charge < -0.3 is 9.64 Å². The maximum absolute atomic E-state index is 12.3. The fourth-order valence-electron chi connectivity index (χ4n) is 1.89. The van der Waals surface area contributed by atoms with Crippen LogP contribution in [0.3, 0.4) is 0 Å². The third-order valence-electron chi connectivity index (χ3n) is 2.78. The third-order valence-corrected chi connectivity index (χ3v) is 3.28. The van der Waals surface area contributed by atoms with Gasteiger partial charge in [0.05, 0.1) is 12.7 Å². The van der Waals surface area contributed by atoms with Crippen molar-refractivity contribution in [3.8, 4) is 5.75 Å². The van der Waals surface area contributed by atoms with Gasteiger partial charge >= 0.3 is 0 Å². The summed E-state index contributed by atoms with van der Waals surface area (Å²) in [4.78, 5) is 13.8. The van der Waals surface area contributed by atoms with Crippen LogP contribution >= 0.6 is 15.9 Å². The molecule has 0 unspecified atom stereocenters. The van der Waals surface area contributed by atoms with Gasteiger partial charge in [0.25, 0.3) is 5.91 Å². The highest BCUT2D eigenvalue weighted by Crippen LogP contribution is 2.30. The molecule has 4 heteroatoms. The molecule has 1 amide bonds. The smallest absolute Gasteiger partial charge is 0.257 e. The summed E-state index contributed by atoms with van der Waals surface area (Å²) in [6.45, 7) is 0. The molecule has 0 saturated heterocycles. The maximum Gasteiger partial charge on any atom is 0.257 e. The fraction of sp³-hybridized carbons (Fsp3) is 0.214. The van der Waals surface area contributed by atoms with E-state index in [4.69, 9.17) is 4.74 Å². The minimum atomic E-state index is -0.0558. The largest absolute Gasteiger partial charge is 0.496 e. The zero-order valence-electron chi connectivity index (χ0n) is 10.5. The van der Waals surface area contributed by atoms with Crippen molar-refractivity contribution in [2.24, 2.45) is 0 Å². The number of ether oxygens (including phenoxy) is 1. The first kappa shape index (κ1) is 12.9. The van der Waals surface area contributed by atoms with E-state index in [0.29, 0.717) is 11.3 Å². The summed E-state index contributed by atoms with van der Waals surface area (Å²) in [6.07, 6.45) is 0. The molecule has 0 aliphatic heterocycles. The number of halogens is 1. The number of carbonyl (C=O) groups excluding carboxylic acids is 1. The normalized spacial score (nSPS) is 10.4. The van der Waals surface area contributed by atoms with Gasteiger partial charge in [0, 0.05) is 18.6 Å². The van der Waals surface area contributed by atoms with Crippen molar-refractivity contribution in [2.75, 3.05) is 21.2 Å². The Morgan fingerprint density at radius 3 is 2.56 bits per heavy atom. The Balaban J connectivity index is 2.77. The van der Waals surface area contributed by atoms with Crippen LogP contribution in [-0.4, -0.2) is 32.0 Å². The second-order valence-corrected chi connectivity index (χ2v) is 5.12. The summed E-state index contributed by atoms with van der Waals surface area (Å²) >= 11 is 3.43. The van der Waals surface area contributed by atoms with Crippen molar-refractivity contribution < 1.29 is 9.53 Å². The molecule has 0 atom stereocenters. The zero-order valence-corrected chi connectivity index (χ0v) is 12.1. The van der Waals surface area contributed by atoms with Gasteiger partial charge in [0.15, 0.2) is 0 Å². The van der Waals surface area contributed by atoms with Crippen molar-refractivity contribution in [1.82, 2.24) is 4.90 Å². The summed E-state index contributed by atoms with van der Waals surface area (Å²) in [5.74, 6) is 0.545. The van der Waals surface area contributed by atoms with Gasteiger partial charge in [-0.1, -0.05) is 28.1 Å². The van der Waals surface area contributed by atoms with Gasteiger partial charge in [0.1, 0.15) is 5.75 Å². The highest BCUT2D eigenvalue weighted by atomic mass is 79.9. The van der Waals surface area contributed by atoms with Crippen LogP contribution in [0.15, 0.2) is 34.8 Å². The number of hydrogen-bond acceptors (Lipinski definition) is 2. The Bertz CT molecular complexity index is 608. The van der Waals surface area contributed by atoms with Gasteiger partial charge in [-0.25, -0.2) is 0 Å². The fourth-order valence-corrected chi connectivity index (χ4v) is 2.27. The number of rotatable bonds is 2. The van der Waals surface area contributed by atoms with Crippen LogP contribution in [0.2, 0.25) is 0 Å². The zero-order chi connectivity index (χ0) is 13.3. The molecule has 2 aromatic carbocycles. The summed E-state index contributed by atoms with van der Waals surface area (Å²) in [5, 5.41) is 1.91. The van der Waals surface area contributed by atoms with Crippen LogP contribution < -0.4 is 4.74 Å². The van der Waals surface area contributed by atoms with Gasteiger partial charge in [-0.2, -0.15) is 0 Å². The van der Waals surface area contributed by atoms with Gasteiger partial charge in [0.2, 0.25) is 0 Å². The first-order valence-electron chi connectivity index (χ1n) is 5.52. The van der Waals surface area contributed by atoms with E-state index in [1.165, 1.54) is 0 Å². The lowest BCUT2D eigenvalue weighted by Gasteiger charge is -2.15. The molecule has 0 aliphatic rings. The van der Waals surface area contributed by atoms with Crippen LogP contribution in [-0.2, 0) is 0 Å². The molecule has 0 saturated carbocycles. The van der Waals surface area contributed by atoms with Gasteiger partial charge in [-0.3, -0.25) is 4.79 Å². The molecular weight excluding hydrogens is 294 g/mol. The van der Waals surface area contributed by atoms with Gasteiger partial charge in [-0.05, 0) is 29.0 Å². The van der Waals surface area contributed by atoms with Crippen molar-refractivity contribution in [3.05, 3.63) is 40.4 Å². The van der Waals surface area contributed by atoms with Crippen LogP contribution in [0, 0.1) is 0 Å². The van der Waals surface area contributed by atoms with E-state index >= 15 is 0 Å². The summed E-state index contributed by atoms with van der Waals surface area (Å²) < 4.78 is 6.29. The molecule has 94 valence electrons. The third kappa shape index (κ3) is 2.20. The highest BCUT2D eigenvalue weighted by Gasteiger charge is 2.17. The topological polar surface area (TPSA) is 29.5 Å². The maximum atomic E-state index is 12.3. The highest BCUT2D eigenvalue weighted by molar-refractivity contribution is 9.10. The number of methoxy groups -OCH3 is 1. The molecule has 2 rings (SSSR count). The number of fused-ring (bicyclic) bond motifs is 1.